The lowest BCUT2D eigenvalue weighted by molar-refractivity contribution is -0.136. The monoisotopic (exact) mass is 440 g/mol. The second kappa shape index (κ2) is 9.29. The molecule has 4 aliphatic rings. The third kappa shape index (κ3) is 4.31. The highest BCUT2D eigenvalue weighted by molar-refractivity contribution is 6.05. The molecule has 3 saturated heterocycles. The zero-order valence-electron chi connectivity index (χ0n) is 18.5. The number of fused-ring (bicyclic) bond motifs is 1. The van der Waals surface area contributed by atoms with Gasteiger partial charge in [0.05, 0.1) is 0 Å². The number of piperidine rings is 2. The molecule has 4 heterocycles. The summed E-state index contributed by atoms with van der Waals surface area (Å²) in [6, 6.07) is 6.69. The van der Waals surface area contributed by atoms with Crippen molar-refractivity contribution in [1.82, 2.24) is 20.4 Å². The number of ether oxygens (including phenoxy) is 1. The maximum atomic E-state index is 13.2. The molecule has 32 heavy (non-hydrogen) atoms. The summed E-state index contributed by atoms with van der Waals surface area (Å²) >= 11 is 0. The van der Waals surface area contributed by atoms with E-state index in [0.717, 1.165) is 69.7 Å². The molecule has 172 valence electrons. The zero-order chi connectivity index (χ0) is 22.1. The highest BCUT2D eigenvalue weighted by Gasteiger charge is 2.39. The third-order valence-corrected chi connectivity index (χ3v) is 7.40. The van der Waals surface area contributed by atoms with E-state index in [9.17, 15) is 14.4 Å². The predicted octanol–water partition coefficient (Wildman–Crippen LogP) is 1.18. The fourth-order valence-corrected chi connectivity index (χ4v) is 5.62. The Morgan fingerprint density at radius 1 is 1.00 bits per heavy atom. The van der Waals surface area contributed by atoms with Gasteiger partial charge >= 0.3 is 0 Å². The van der Waals surface area contributed by atoms with E-state index in [1.165, 1.54) is 0 Å². The van der Waals surface area contributed by atoms with Crippen molar-refractivity contribution in [2.45, 2.75) is 69.7 Å². The van der Waals surface area contributed by atoms with E-state index in [2.05, 4.69) is 21.6 Å². The molecule has 0 saturated carbocycles. The van der Waals surface area contributed by atoms with Crippen LogP contribution in [-0.2, 0) is 27.4 Å². The lowest BCUT2D eigenvalue weighted by atomic mass is 9.97. The molecule has 0 bridgehead atoms. The van der Waals surface area contributed by atoms with E-state index < -0.39 is 6.04 Å². The summed E-state index contributed by atoms with van der Waals surface area (Å²) in [6.45, 7) is 4.99. The first-order valence-electron chi connectivity index (χ1n) is 11.9. The molecule has 1 aromatic rings. The Morgan fingerprint density at radius 2 is 1.75 bits per heavy atom. The second-order valence-corrected chi connectivity index (χ2v) is 9.39. The third-order valence-electron chi connectivity index (χ3n) is 7.40. The van der Waals surface area contributed by atoms with Crippen molar-refractivity contribution < 1.29 is 19.1 Å². The number of carbonyl (C=O) groups excluding carboxylic acids is 3. The van der Waals surface area contributed by atoms with Crippen LogP contribution in [0.2, 0.25) is 0 Å². The minimum Gasteiger partial charge on any atom is -0.381 e. The average molecular weight is 441 g/mol. The van der Waals surface area contributed by atoms with Crippen molar-refractivity contribution in [3.63, 3.8) is 0 Å². The number of hydrogen-bond acceptors (Lipinski definition) is 6. The molecule has 1 atom stereocenters. The van der Waals surface area contributed by atoms with Gasteiger partial charge in [0.1, 0.15) is 6.04 Å². The lowest BCUT2D eigenvalue weighted by Crippen LogP contribution is -2.52. The van der Waals surface area contributed by atoms with Crippen molar-refractivity contribution in [3.05, 3.63) is 34.9 Å². The van der Waals surface area contributed by atoms with Crippen LogP contribution in [0.25, 0.3) is 0 Å². The minimum absolute atomic E-state index is 0.101. The first-order valence-corrected chi connectivity index (χ1v) is 11.9. The fraction of sp³-hybridized carbons (Fsp3) is 0.625. The van der Waals surface area contributed by atoms with Crippen LogP contribution in [0, 0.1) is 0 Å². The van der Waals surface area contributed by atoms with Crippen molar-refractivity contribution in [3.8, 4) is 0 Å². The molecule has 3 fully saturated rings. The Morgan fingerprint density at radius 3 is 2.50 bits per heavy atom. The van der Waals surface area contributed by atoms with Gasteiger partial charge in [-0.1, -0.05) is 12.1 Å². The molecular formula is C24H32N4O4. The van der Waals surface area contributed by atoms with E-state index in [-0.39, 0.29) is 24.1 Å². The van der Waals surface area contributed by atoms with Crippen LogP contribution in [0.3, 0.4) is 0 Å². The van der Waals surface area contributed by atoms with Crippen molar-refractivity contribution in [2.24, 2.45) is 0 Å². The largest absolute Gasteiger partial charge is 0.381 e. The Balaban J connectivity index is 1.33. The molecule has 2 N–H and O–H groups in total. The summed E-state index contributed by atoms with van der Waals surface area (Å²) in [4.78, 5) is 41.2. The Kier molecular flexibility index (Phi) is 6.26. The van der Waals surface area contributed by atoms with Crippen LogP contribution in [0.15, 0.2) is 18.2 Å². The molecule has 0 aromatic heterocycles. The van der Waals surface area contributed by atoms with Crippen molar-refractivity contribution >= 4 is 17.7 Å². The summed E-state index contributed by atoms with van der Waals surface area (Å²) in [5.74, 6) is -0.723. The molecule has 4 aliphatic heterocycles. The number of carbonyl (C=O) groups is 3. The van der Waals surface area contributed by atoms with E-state index in [1.807, 2.05) is 12.1 Å². The first kappa shape index (κ1) is 21.6. The highest BCUT2D eigenvalue weighted by Crippen LogP contribution is 2.30. The van der Waals surface area contributed by atoms with Gasteiger partial charge in [0, 0.05) is 50.4 Å². The van der Waals surface area contributed by atoms with Crippen molar-refractivity contribution in [2.75, 3.05) is 26.3 Å². The summed E-state index contributed by atoms with van der Waals surface area (Å²) < 4.78 is 5.60. The maximum absolute atomic E-state index is 13.2. The number of rotatable bonds is 5. The number of nitrogens with one attached hydrogen (secondary N) is 2. The van der Waals surface area contributed by atoms with Crippen LogP contribution < -0.4 is 10.6 Å². The van der Waals surface area contributed by atoms with Gasteiger partial charge in [-0.15, -0.1) is 0 Å². The maximum Gasteiger partial charge on any atom is 0.255 e. The van der Waals surface area contributed by atoms with Crippen LogP contribution in [-0.4, -0.2) is 72.0 Å². The van der Waals surface area contributed by atoms with E-state index in [1.54, 1.807) is 4.90 Å². The van der Waals surface area contributed by atoms with Gasteiger partial charge < -0.3 is 15.0 Å². The van der Waals surface area contributed by atoms with Crippen LogP contribution in [0.4, 0.5) is 0 Å². The van der Waals surface area contributed by atoms with Gasteiger partial charge in [0.15, 0.2) is 0 Å². The minimum atomic E-state index is -0.565. The first-order chi connectivity index (χ1) is 15.6. The average Bonchev–Trinajstić information content (AvgIpc) is 3.14. The Labute approximate surface area is 188 Å². The smallest absolute Gasteiger partial charge is 0.255 e. The van der Waals surface area contributed by atoms with Crippen LogP contribution >= 0.6 is 0 Å². The lowest BCUT2D eigenvalue weighted by Gasteiger charge is -2.41. The molecule has 0 aliphatic carbocycles. The number of nitrogens with zero attached hydrogens (tertiary/aromatic N) is 2. The Bertz CT molecular complexity index is 874. The molecule has 8 heteroatoms. The Hall–Kier alpha value is -2.29. The number of hydrogen-bond donors (Lipinski definition) is 2. The summed E-state index contributed by atoms with van der Waals surface area (Å²) in [7, 11) is 0. The molecule has 5 rings (SSSR count). The van der Waals surface area contributed by atoms with Crippen LogP contribution in [0.1, 0.15) is 60.0 Å². The quantitative estimate of drug-likeness (QED) is 0.669. The van der Waals surface area contributed by atoms with Crippen LogP contribution in [0.5, 0.6) is 0 Å². The number of imide groups is 1. The van der Waals surface area contributed by atoms with Gasteiger partial charge in [0.25, 0.3) is 5.91 Å². The molecule has 8 nitrogen and oxygen atoms in total. The fourth-order valence-electron chi connectivity index (χ4n) is 5.62. The van der Waals surface area contributed by atoms with Gasteiger partial charge in [-0.05, 0) is 62.4 Å². The second-order valence-electron chi connectivity index (χ2n) is 9.39. The highest BCUT2D eigenvalue weighted by atomic mass is 16.5. The van der Waals surface area contributed by atoms with E-state index in [4.69, 9.17) is 4.74 Å². The molecule has 0 spiro atoms. The van der Waals surface area contributed by atoms with E-state index >= 15 is 0 Å². The number of benzene rings is 1. The topological polar surface area (TPSA) is 91.0 Å². The van der Waals surface area contributed by atoms with Gasteiger partial charge in [-0.2, -0.15) is 0 Å². The normalized spacial score (nSPS) is 25.3. The molecule has 1 unspecified atom stereocenters. The SMILES string of the molecule is O=C1CCC(N2Cc3ccc(CN(C4CCNCC4)C4CCOCC4)cc3C2=O)C(=O)N1. The van der Waals surface area contributed by atoms with E-state index in [0.29, 0.717) is 30.6 Å². The molecule has 1 aromatic carbocycles. The summed E-state index contributed by atoms with van der Waals surface area (Å²) in [6.07, 6.45) is 5.06. The van der Waals surface area contributed by atoms with Gasteiger partial charge in [-0.3, -0.25) is 24.6 Å². The molecule has 3 amide bonds. The molecule has 0 radical (unpaired) electrons. The van der Waals surface area contributed by atoms with Gasteiger partial charge in [-0.25, -0.2) is 0 Å². The summed E-state index contributed by atoms with van der Waals surface area (Å²) in [5.41, 5.74) is 2.81. The van der Waals surface area contributed by atoms with Crippen molar-refractivity contribution in [1.29, 1.82) is 0 Å². The van der Waals surface area contributed by atoms with Gasteiger partial charge in [0.2, 0.25) is 11.8 Å². The zero-order valence-corrected chi connectivity index (χ0v) is 18.5. The summed E-state index contributed by atoms with van der Waals surface area (Å²) in [5, 5.41) is 5.83. The standard InChI is InChI=1S/C24H32N4O4/c29-22-4-3-21(23(30)26-22)28-15-17-2-1-16(13-20(17)24(28)31)14-27(18-5-9-25-10-6-18)19-7-11-32-12-8-19/h1-2,13,18-19,21,25H,3-12,14-15H2,(H,26,29,30). The number of amides is 3. The molecular weight excluding hydrogens is 408 g/mol. The predicted molar refractivity (Wildman–Crippen MR) is 118 cm³/mol.